The van der Waals surface area contributed by atoms with Crippen molar-refractivity contribution in [3.05, 3.63) is 0 Å². The summed E-state index contributed by atoms with van der Waals surface area (Å²) in [5.74, 6) is 5.75. The Labute approximate surface area is 227 Å². The monoisotopic (exact) mass is 516 g/mol. The molecule has 0 saturated carbocycles. The molecule has 0 aliphatic carbocycles. The molecule has 3 heteroatoms. The standard InChI is InChI=1S/C32H65ClO2/c1-8-9-10-11-12-13-19-34-26-35-20-15-17-28(3)22-30(5)24-32(7)25-31(6)23-29(4)21-27(2)16-14-18-33/h27-32H,8-26H2,1-7H3. The molecule has 0 amide bonds. The van der Waals surface area contributed by atoms with Crippen molar-refractivity contribution in [1.29, 1.82) is 0 Å². The molecule has 6 atom stereocenters. The first-order valence-electron chi connectivity index (χ1n) is 15.5. The minimum absolute atomic E-state index is 0.473. The van der Waals surface area contributed by atoms with Crippen LogP contribution >= 0.6 is 11.6 Å². The van der Waals surface area contributed by atoms with E-state index in [2.05, 4.69) is 48.5 Å². The van der Waals surface area contributed by atoms with Gasteiger partial charge < -0.3 is 9.47 Å². The SMILES string of the molecule is CCCCCCCCOCOCCCC(C)CC(C)CC(C)CC(C)CC(C)CC(C)CCCCl. The van der Waals surface area contributed by atoms with Gasteiger partial charge in [0, 0.05) is 19.1 Å². The molecule has 0 N–H and O–H groups in total. The van der Waals surface area contributed by atoms with Gasteiger partial charge in [0.25, 0.3) is 0 Å². The maximum Gasteiger partial charge on any atom is 0.146 e. The van der Waals surface area contributed by atoms with E-state index < -0.39 is 0 Å². The Morgan fingerprint density at radius 3 is 1.37 bits per heavy atom. The van der Waals surface area contributed by atoms with Crippen molar-refractivity contribution in [3.63, 3.8) is 0 Å². The lowest BCUT2D eigenvalue weighted by Gasteiger charge is -2.25. The maximum atomic E-state index is 5.86. The highest BCUT2D eigenvalue weighted by atomic mass is 35.5. The minimum atomic E-state index is 0.473. The van der Waals surface area contributed by atoms with Gasteiger partial charge in [0.2, 0.25) is 0 Å². The molecule has 0 radical (unpaired) electrons. The summed E-state index contributed by atoms with van der Waals surface area (Å²) in [5.41, 5.74) is 0. The molecule has 0 saturated heterocycles. The van der Waals surface area contributed by atoms with Crippen molar-refractivity contribution in [2.45, 2.75) is 145 Å². The zero-order valence-electron chi connectivity index (χ0n) is 25.1. The summed E-state index contributed by atoms with van der Waals surface area (Å²) in [6.07, 6.45) is 19.6. The molecule has 2 nitrogen and oxygen atoms in total. The van der Waals surface area contributed by atoms with E-state index in [-0.39, 0.29) is 0 Å². The van der Waals surface area contributed by atoms with E-state index in [0.29, 0.717) is 6.79 Å². The van der Waals surface area contributed by atoms with E-state index in [4.69, 9.17) is 21.1 Å². The molecule has 0 fully saturated rings. The lowest BCUT2D eigenvalue weighted by Crippen LogP contribution is -2.13. The van der Waals surface area contributed by atoms with Crippen LogP contribution in [0.2, 0.25) is 0 Å². The molecular formula is C32H65ClO2. The molecular weight excluding hydrogens is 452 g/mol. The van der Waals surface area contributed by atoms with E-state index in [1.54, 1.807) is 0 Å². The van der Waals surface area contributed by atoms with E-state index in [9.17, 15) is 0 Å². The molecule has 0 rings (SSSR count). The third-order valence-electron chi connectivity index (χ3n) is 7.65. The number of hydrogen-bond acceptors (Lipinski definition) is 2. The molecule has 0 aromatic rings. The molecule has 212 valence electrons. The summed E-state index contributed by atoms with van der Waals surface area (Å²) >= 11 is 5.86. The highest BCUT2D eigenvalue weighted by Gasteiger charge is 2.17. The zero-order valence-corrected chi connectivity index (χ0v) is 25.8. The van der Waals surface area contributed by atoms with Crippen molar-refractivity contribution in [2.24, 2.45) is 35.5 Å². The summed E-state index contributed by atoms with van der Waals surface area (Å²) < 4.78 is 11.3. The van der Waals surface area contributed by atoms with Crippen molar-refractivity contribution < 1.29 is 9.47 Å². The minimum Gasteiger partial charge on any atom is -0.355 e. The number of ether oxygens (including phenoxy) is 2. The van der Waals surface area contributed by atoms with Gasteiger partial charge in [-0.3, -0.25) is 0 Å². The van der Waals surface area contributed by atoms with Gasteiger partial charge in [0.05, 0.1) is 0 Å². The Kier molecular flexibility index (Phi) is 24.7. The van der Waals surface area contributed by atoms with Gasteiger partial charge in [-0.05, 0) is 99.7 Å². The Bertz CT molecular complexity index is 430. The summed E-state index contributed by atoms with van der Waals surface area (Å²) in [7, 11) is 0. The van der Waals surface area contributed by atoms with Crippen LogP contribution in [-0.2, 0) is 9.47 Å². The summed E-state index contributed by atoms with van der Waals surface area (Å²) in [4.78, 5) is 0. The van der Waals surface area contributed by atoms with Crippen LogP contribution in [0.1, 0.15) is 145 Å². The molecule has 0 bridgehead atoms. The fraction of sp³-hybridized carbons (Fsp3) is 1.00. The van der Waals surface area contributed by atoms with Crippen molar-refractivity contribution in [1.82, 2.24) is 0 Å². The van der Waals surface area contributed by atoms with E-state index in [0.717, 1.165) is 61.0 Å². The van der Waals surface area contributed by atoms with Gasteiger partial charge in [-0.2, -0.15) is 0 Å². The molecule has 0 heterocycles. The Balaban J connectivity index is 3.73. The zero-order chi connectivity index (χ0) is 26.3. The summed E-state index contributed by atoms with van der Waals surface area (Å²) in [6, 6.07) is 0. The fourth-order valence-corrected chi connectivity index (χ4v) is 6.33. The van der Waals surface area contributed by atoms with Crippen molar-refractivity contribution in [2.75, 3.05) is 25.9 Å². The summed E-state index contributed by atoms with van der Waals surface area (Å²) in [6.45, 7) is 19.1. The quantitative estimate of drug-likeness (QED) is 0.0646. The third-order valence-corrected chi connectivity index (χ3v) is 7.92. The lowest BCUT2D eigenvalue weighted by molar-refractivity contribution is -0.0561. The molecule has 0 aromatic carbocycles. The highest BCUT2D eigenvalue weighted by Crippen LogP contribution is 2.29. The molecule has 0 spiro atoms. The molecule has 0 aliphatic heterocycles. The normalized spacial score (nSPS) is 17.1. The summed E-state index contributed by atoms with van der Waals surface area (Å²) in [5, 5.41) is 0. The number of hydrogen-bond donors (Lipinski definition) is 0. The van der Waals surface area contributed by atoms with Crippen LogP contribution in [0.25, 0.3) is 0 Å². The maximum absolute atomic E-state index is 5.86. The fourth-order valence-electron chi connectivity index (χ4n) is 6.18. The third kappa shape index (κ3) is 24.3. The first kappa shape index (κ1) is 35.2. The second kappa shape index (κ2) is 24.5. The lowest BCUT2D eigenvalue weighted by atomic mass is 9.81. The van der Waals surface area contributed by atoms with Gasteiger partial charge >= 0.3 is 0 Å². The second-order valence-electron chi connectivity index (χ2n) is 12.5. The first-order chi connectivity index (χ1) is 16.8. The Morgan fingerprint density at radius 1 is 0.486 bits per heavy atom. The molecule has 6 unspecified atom stereocenters. The largest absolute Gasteiger partial charge is 0.355 e. The van der Waals surface area contributed by atoms with Crippen LogP contribution in [0.15, 0.2) is 0 Å². The number of alkyl halides is 1. The van der Waals surface area contributed by atoms with E-state index in [1.807, 2.05) is 0 Å². The van der Waals surface area contributed by atoms with Crippen molar-refractivity contribution >= 4 is 11.6 Å². The predicted octanol–water partition coefficient (Wildman–Crippen LogP) is 10.9. The van der Waals surface area contributed by atoms with Gasteiger partial charge in [-0.25, -0.2) is 0 Å². The van der Waals surface area contributed by atoms with Gasteiger partial charge in [-0.1, -0.05) is 80.6 Å². The second-order valence-corrected chi connectivity index (χ2v) is 12.9. The average molecular weight is 517 g/mol. The molecule has 0 aromatic heterocycles. The van der Waals surface area contributed by atoms with Crippen LogP contribution in [0.5, 0.6) is 0 Å². The average Bonchev–Trinajstić information content (AvgIpc) is 2.77. The van der Waals surface area contributed by atoms with E-state index >= 15 is 0 Å². The van der Waals surface area contributed by atoms with E-state index in [1.165, 1.54) is 89.9 Å². The van der Waals surface area contributed by atoms with Crippen LogP contribution in [-0.4, -0.2) is 25.9 Å². The van der Waals surface area contributed by atoms with Crippen molar-refractivity contribution in [3.8, 4) is 0 Å². The number of halogens is 1. The first-order valence-corrected chi connectivity index (χ1v) is 16.0. The molecule has 35 heavy (non-hydrogen) atoms. The molecule has 0 aliphatic rings. The highest BCUT2D eigenvalue weighted by molar-refractivity contribution is 6.17. The predicted molar refractivity (Wildman–Crippen MR) is 157 cm³/mol. The number of unbranched alkanes of at least 4 members (excludes halogenated alkanes) is 5. The van der Waals surface area contributed by atoms with Gasteiger partial charge in [0.1, 0.15) is 6.79 Å². The van der Waals surface area contributed by atoms with Gasteiger partial charge in [0.15, 0.2) is 0 Å². The number of rotatable bonds is 26. The smallest absolute Gasteiger partial charge is 0.146 e. The van der Waals surface area contributed by atoms with Crippen LogP contribution in [0, 0.1) is 35.5 Å². The Hall–Kier alpha value is 0.210. The van der Waals surface area contributed by atoms with Crippen LogP contribution in [0.4, 0.5) is 0 Å². The van der Waals surface area contributed by atoms with Crippen LogP contribution in [0.3, 0.4) is 0 Å². The Morgan fingerprint density at radius 2 is 0.886 bits per heavy atom. The van der Waals surface area contributed by atoms with Crippen LogP contribution < -0.4 is 0 Å². The topological polar surface area (TPSA) is 18.5 Å². The van der Waals surface area contributed by atoms with Gasteiger partial charge in [-0.15, -0.1) is 11.6 Å².